The van der Waals surface area contributed by atoms with Gasteiger partial charge in [-0.15, -0.1) is 0 Å². The van der Waals surface area contributed by atoms with Crippen LogP contribution in [0.2, 0.25) is 0 Å². The molecule has 0 aliphatic rings. The predicted octanol–water partition coefficient (Wildman–Crippen LogP) is -0.260. The Balaban J connectivity index is 3.12. The van der Waals surface area contributed by atoms with Crippen LogP contribution in [0.3, 0.4) is 0 Å². The van der Waals surface area contributed by atoms with Crippen molar-refractivity contribution in [2.24, 2.45) is 5.73 Å². The van der Waals surface area contributed by atoms with Crippen molar-refractivity contribution < 1.29 is 10.2 Å². The maximum absolute atomic E-state index is 9.04. The van der Waals surface area contributed by atoms with Gasteiger partial charge in [0, 0.05) is 18.0 Å². The first-order valence-electron chi connectivity index (χ1n) is 4.06. The van der Waals surface area contributed by atoms with Gasteiger partial charge < -0.3 is 15.9 Å². The van der Waals surface area contributed by atoms with Crippen molar-refractivity contribution in [1.82, 2.24) is 4.98 Å². The van der Waals surface area contributed by atoms with Gasteiger partial charge in [-0.3, -0.25) is 4.98 Å². The lowest BCUT2D eigenvalue weighted by Gasteiger charge is -2.24. The molecule has 0 saturated carbocycles. The molecule has 0 fully saturated rings. The molecule has 0 bridgehead atoms. The van der Waals surface area contributed by atoms with E-state index in [4.69, 9.17) is 15.9 Å². The Labute approximate surface area is 77.0 Å². The Morgan fingerprint density at radius 2 is 2.23 bits per heavy atom. The molecule has 1 heterocycles. The van der Waals surface area contributed by atoms with Crippen molar-refractivity contribution in [2.45, 2.75) is 19.1 Å². The summed E-state index contributed by atoms with van der Waals surface area (Å²) in [5.41, 5.74) is 6.39. The highest BCUT2D eigenvalue weighted by molar-refractivity contribution is 5.29. The van der Waals surface area contributed by atoms with Crippen LogP contribution in [0.15, 0.2) is 18.5 Å². The van der Waals surface area contributed by atoms with E-state index in [-0.39, 0.29) is 13.2 Å². The summed E-state index contributed by atoms with van der Waals surface area (Å²) in [6.07, 6.45) is 3.14. The maximum atomic E-state index is 9.04. The average molecular weight is 182 g/mol. The quantitative estimate of drug-likeness (QED) is 0.601. The molecule has 0 spiro atoms. The first kappa shape index (κ1) is 10.1. The first-order valence-corrected chi connectivity index (χ1v) is 4.06. The number of aliphatic hydroxyl groups is 2. The lowest BCUT2D eigenvalue weighted by atomic mass is 9.91. The lowest BCUT2D eigenvalue weighted by molar-refractivity contribution is 0.205. The summed E-state index contributed by atoms with van der Waals surface area (Å²) in [7, 11) is 0. The Morgan fingerprint density at radius 3 is 2.77 bits per heavy atom. The van der Waals surface area contributed by atoms with Crippen molar-refractivity contribution >= 4 is 0 Å². The summed E-state index contributed by atoms with van der Waals surface area (Å²) in [6.45, 7) is 1.43. The Hall–Kier alpha value is -0.970. The van der Waals surface area contributed by atoms with Gasteiger partial charge in [-0.25, -0.2) is 0 Å². The van der Waals surface area contributed by atoms with Crippen molar-refractivity contribution in [2.75, 3.05) is 6.61 Å². The second kappa shape index (κ2) is 3.83. The number of hydrogen-bond acceptors (Lipinski definition) is 4. The second-order valence-electron chi connectivity index (χ2n) is 3.27. The number of aromatic nitrogens is 1. The van der Waals surface area contributed by atoms with Gasteiger partial charge >= 0.3 is 0 Å². The van der Waals surface area contributed by atoms with E-state index in [9.17, 15) is 0 Å². The van der Waals surface area contributed by atoms with E-state index in [1.165, 1.54) is 0 Å². The molecule has 4 N–H and O–H groups in total. The fraction of sp³-hybridized carbons (Fsp3) is 0.444. The largest absolute Gasteiger partial charge is 0.394 e. The van der Waals surface area contributed by atoms with Crippen LogP contribution in [0.5, 0.6) is 0 Å². The minimum absolute atomic E-state index is 0.115. The highest BCUT2D eigenvalue weighted by Gasteiger charge is 2.22. The lowest BCUT2D eigenvalue weighted by Crippen LogP contribution is -2.38. The fourth-order valence-corrected chi connectivity index (χ4v) is 1.20. The Morgan fingerprint density at radius 1 is 1.54 bits per heavy atom. The standard InChI is InChI=1S/C9H14N2O2/c1-9(10,6-13)8-2-3-11-4-7(8)5-12/h2-4,12-13H,5-6,10H2,1H3/t9-/m0/s1. The molecule has 4 nitrogen and oxygen atoms in total. The summed E-state index contributed by atoms with van der Waals surface area (Å²) in [5, 5.41) is 18.0. The normalized spacial score (nSPS) is 15.4. The fourth-order valence-electron chi connectivity index (χ4n) is 1.20. The number of aliphatic hydroxyl groups excluding tert-OH is 2. The van der Waals surface area contributed by atoms with Gasteiger partial charge in [-0.2, -0.15) is 0 Å². The Bertz CT molecular complexity index is 287. The van der Waals surface area contributed by atoms with Gasteiger partial charge in [-0.05, 0) is 18.6 Å². The van der Waals surface area contributed by atoms with Gasteiger partial charge in [0.2, 0.25) is 0 Å². The molecule has 0 amide bonds. The van der Waals surface area contributed by atoms with Crippen LogP contribution < -0.4 is 5.73 Å². The van der Waals surface area contributed by atoms with Gasteiger partial charge in [0.25, 0.3) is 0 Å². The van der Waals surface area contributed by atoms with E-state index in [1.54, 1.807) is 25.4 Å². The molecule has 0 aromatic carbocycles. The van der Waals surface area contributed by atoms with Crippen LogP contribution in [0.25, 0.3) is 0 Å². The molecule has 0 unspecified atom stereocenters. The molecule has 1 rings (SSSR count). The molecule has 1 atom stereocenters. The molecule has 13 heavy (non-hydrogen) atoms. The van der Waals surface area contributed by atoms with E-state index < -0.39 is 5.54 Å². The number of hydrogen-bond donors (Lipinski definition) is 3. The number of rotatable bonds is 3. The third-order valence-electron chi connectivity index (χ3n) is 2.02. The third-order valence-corrected chi connectivity index (χ3v) is 2.02. The van der Waals surface area contributed by atoms with Crippen LogP contribution in [-0.2, 0) is 12.1 Å². The molecular weight excluding hydrogens is 168 g/mol. The molecule has 0 aliphatic heterocycles. The summed E-state index contributed by atoms with van der Waals surface area (Å²) < 4.78 is 0. The average Bonchev–Trinajstić information content (AvgIpc) is 2.18. The van der Waals surface area contributed by atoms with Crippen molar-refractivity contribution in [3.63, 3.8) is 0 Å². The smallest absolute Gasteiger partial charge is 0.0700 e. The minimum Gasteiger partial charge on any atom is -0.394 e. The van der Waals surface area contributed by atoms with Gasteiger partial charge in [0.05, 0.1) is 18.8 Å². The van der Waals surface area contributed by atoms with E-state index in [0.29, 0.717) is 5.56 Å². The molecular formula is C9H14N2O2. The molecule has 4 heteroatoms. The monoisotopic (exact) mass is 182 g/mol. The summed E-state index contributed by atoms with van der Waals surface area (Å²) in [4.78, 5) is 3.87. The van der Waals surface area contributed by atoms with Gasteiger partial charge in [-0.1, -0.05) is 0 Å². The highest BCUT2D eigenvalue weighted by atomic mass is 16.3. The maximum Gasteiger partial charge on any atom is 0.0700 e. The summed E-state index contributed by atoms with van der Waals surface area (Å²) in [6, 6.07) is 1.71. The van der Waals surface area contributed by atoms with Crippen LogP contribution in [0.4, 0.5) is 0 Å². The zero-order valence-corrected chi connectivity index (χ0v) is 7.57. The van der Waals surface area contributed by atoms with Crippen molar-refractivity contribution in [3.8, 4) is 0 Å². The zero-order valence-electron chi connectivity index (χ0n) is 7.57. The van der Waals surface area contributed by atoms with Crippen LogP contribution in [0, 0.1) is 0 Å². The zero-order chi connectivity index (χ0) is 9.90. The van der Waals surface area contributed by atoms with Crippen LogP contribution in [0.1, 0.15) is 18.1 Å². The number of nitrogens with two attached hydrogens (primary N) is 1. The topological polar surface area (TPSA) is 79.4 Å². The minimum atomic E-state index is -0.818. The second-order valence-corrected chi connectivity index (χ2v) is 3.27. The molecule has 0 saturated heterocycles. The predicted molar refractivity (Wildman–Crippen MR) is 48.8 cm³/mol. The molecule has 0 aliphatic carbocycles. The highest BCUT2D eigenvalue weighted by Crippen LogP contribution is 2.20. The van der Waals surface area contributed by atoms with Crippen LogP contribution >= 0.6 is 0 Å². The van der Waals surface area contributed by atoms with Crippen molar-refractivity contribution in [3.05, 3.63) is 29.6 Å². The van der Waals surface area contributed by atoms with Crippen molar-refractivity contribution in [1.29, 1.82) is 0 Å². The van der Waals surface area contributed by atoms with E-state index in [0.717, 1.165) is 5.56 Å². The van der Waals surface area contributed by atoms with E-state index >= 15 is 0 Å². The van der Waals surface area contributed by atoms with Crippen LogP contribution in [-0.4, -0.2) is 21.8 Å². The SMILES string of the molecule is C[C@](N)(CO)c1ccncc1CO. The number of pyridine rings is 1. The van der Waals surface area contributed by atoms with E-state index in [1.807, 2.05) is 0 Å². The van der Waals surface area contributed by atoms with Gasteiger partial charge in [0.15, 0.2) is 0 Å². The molecule has 0 radical (unpaired) electrons. The summed E-state index contributed by atoms with van der Waals surface area (Å²) >= 11 is 0. The molecule has 1 aromatic rings. The van der Waals surface area contributed by atoms with E-state index in [2.05, 4.69) is 4.98 Å². The molecule has 72 valence electrons. The number of nitrogens with zero attached hydrogens (tertiary/aromatic N) is 1. The summed E-state index contributed by atoms with van der Waals surface area (Å²) in [5.74, 6) is 0. The molecule has 1 aromatic heterocycles. The Kier molecular flexibility index (Phi) is 2.98. The third kappa shape index (κ3) is 2.03. The first-order chi connectivity index (χ1) is 6.11. The van der Waals surface area contributed by atoms with Gasteiger partial charge in [0.1, 0.15) is 0 Å².